The summed E-state index contributed by atoms with van der Waals surface area (Å²) < 4.78 is 5.06. The van der Waals surface area contributed by atoms with Gasteiger partial charge in [-0.05, 0) is 18.6 Å². The van der Waals surface area contributed by atoms with Gasteiger partial charge in [0.15, 0.2) is 0 Å². The molecule has 11 heavy (non-hydrogen) atoms. The molecule has 0 aliphatic heterocycles. The maximum absolute atomic E-state index is 8.48. The average Bonchev–Trinajstić information content (AvgIpc) is 2.48. The highest BCUT2D eigenvalue weighted by Gasteiger charge is 1.99. The van der Waals surface area contributed by atoms with E-state index in [0.29, 0.717) is 18.6 Å². The molecule has 0 spiro atoms. The van der Waals surface area contributed by atoms with E-state index in [0.717, 1.165) is 5.76 Å². The summed E-state index contributed by atoms with van der Waals surface area (Å²) in [5.41, 5.74) is 0. The second-order valence-electron chi connectivity index (χ2n) is 2.20. The number of nitriles is 1. The molecule has 1 rings (SSSR count). The molecule has 0 radical (unpaired) electrons. The van der Waals surface area contributed by atoms with Gasteiger partial charge in [-0.2, -0.15) is 5.26 Å². The molecule has 3 heteroatoms. The zero-order valence-corrected chi connectivity index (χ0v) is 6.08. The van der Waals surface area contributed by atoms with Gasteiger partial charge < -0.3 is 9.52 Å². The monoisotopic (exact) mass is 151 g/mol. The van der Waals surface area contributed by atoms with Crippen LogP contribution in [0.5, 0.6) is 0 Å². The molecule has 0 saturated carbocycles. The van der Waals surface area contributed by atoms with E-state index in [1.807, 2.05) is 6.07 Å². The topological polar surface area (TPSA) is 57.2 Å². The largest absolute Gasteiger partial charge is 0.451 e. The van der Waals surface area contributed by atoms with Crippen molar-refractivity contribution in [2.45, 2.75) is 12.8 Å². The number of hydrogen-bond donors (Lipinski definition) is 1. The van der Waals surface area contributed by atoms with Crippen LogP contribution >= 0.6 is 0 Å². The Labute approximate surface area is 64.9 Å². The first kappa shape index (κ1) is 7.83. The van der Waals surface area contributed by atoms with Gasteiger partial charge in [-0.3, -0.25) is 0 Å². The van der Waals surface area contributed by atoms with Crippen molar-refractivity contribution in [3.8, 4) is 6.07 Å². The van der Waals surface area contributed by atoms with Gasteiger partial charge in [-0.25, -0.2) is 0 Å². The van der Waals surface area contributed by atoms with Gasteiger partial charge in [-0.15, -0.1) is 0 Å². The lowest BCUT2D eigenvalue weighted by Crippen LogP contribution is -1.86. The molecule has 1 aromatic rings. The van der Waals surface area contributed by atoms with Gasteiger partial charge in [-0.1, -0.05) is 0 Å². The van der Waals surface area contributed by atoms with Crippen LogP contribution in [0.15, 0.2) is 16.5 Å². The Morgan fingerprint density at radius 3 is 2.91 bits per heavy atom. The molecular weight excluding hydrogens is 142 g/mol. The minimum Gasteiger partial charge on any atom is -0.451 e. The minimum absolute atomic E-state index is 0.155. The number of hydrogen-bond acceptors (Lipinski definition) is 3. The maximum atomic E-state index is 8.48. The number of rotatable bonds is 3. The summed E-state index contributed by atoms with van der Waals surface area (Å²) in [7, 11) is 0. The minimum atomic E-state index is 0.155. The average molecular weight is 151 g/mol. The fraction of sp³-hybridized carbons (Fsp3) is 0.375. The van der Waals surface area contributed by atoms with Crippen LogP contribution in [0, 0.1) is 11.3 Å². The van der Waals surface area contributed by atoms with E-state index in [1.54, 1.807) is 12.1 Å². The van der Waals surface area contributed by atoms with E-state index >= 15 is 0 Å². The molecule has 0 atom stereocenters. The lowest BCUT2D eigenvalue weighted by atomic mass is 10.3. The molecule has 0 saturated heterocycles. The van der Waals surface area contributed by atoms with E-state index in [2.05, 4.69) is 0 Å². The fourth-order valence-corrected chi connectivity index (χ4v) is 0.826. The van der Waals surface area contributed by atoms with Crippen molar-refractivity contribution in [2.24, 2.45) is 0 Å². The van der Waals surface area contributed by atoms with Gasteiger partial charge >= 0.3 is 0 Å². The molecule has 0 aliphatic carbocycles. The third kappa shape index (κ3) is 2.10. The SMILES string of the molecule is N#Cc1ccc(CCCO)o1. The van der Waals surface area contributed by atoms with Crippen molar-refractivity contribution in [1.82, 2.24) is 0 Å². The summed E-state index contributed by atoms with van der Waals surface area (Å²) in [6.07, 6.45) is 1.37. The summed E-state index contributed by atoms with van der Waals surface area (Å²) in [6.45, 7) is 0.155. The number of aryl methyl sites for hydroxylation is 1. The van der Waals surface area contributed by atoms with Crippen LogP contribution in [0.4, 0.5) is 0 Å². The van der Waals surface area contributed by atoms with Gasteiger partial charge in [0.05, 0.1) is 0 Å². The van der Waals surface area contributed by atoms with Crippen molar-refractivity contribution >= 4 is 0 Å². The molecule has 1 heterocycles. The molecule has 1 aromatic heterocycles. The summed E-state index contributed by atoms with van der Waals surface area (Å²) in [4.78, 5) is 0. The van der Waals surface area contributed by atoms with E-state index in [1.165, 1.54) is 0 Å². The van der Waals surface area contributed by atoms with Gasteiger partial charge in [0.25, 0.3) is 0 Å². The van der Waals surface area contributed by atoms with Crippen LogP contribution in [0.25, 0.3) is 0 Å². The molecule has 58 valence electrons. The van der Waals surface area contributed by atoms with Crippen molar-refractivity contribution in [3.05, 3.63) is 23.7 Å². The van der Waals surface area contributed by atoms with Crippen LogP contribution < -0.4 is 0 Å². The lowest BCUT2D eigenvalue weighted by molar-refractivity contribution is 0.284. The summed E-state index contributed by atoms with van der Waals surface area (Å²) in [6, 6.07) is 5.28. The normalized spacial score (nSPS) is 9.45. The highest BCUT2D eigenvalue weighted by molar-refractivity contribution is 5.18. The van der Waals surface area contributed by atoms with Crippen LogP contribution in [-0.2, 0) is 6.42 Å². The summed E-state index contributed by atoms with van der Waals surface area (Å²) >= 11 is 0. The molecule has 0 aromatic carbocycles. The summed E-state index contributed by atoms with van der Waals surface area (Å²) in [5, 5.41) is 16.9. The van der Waals surface area contributed by atoms with Crippen LogP contribution in [0.2, 0.25) is 0 Å². The number of aliphatic hydroxyl groups is 1. The zero-order valence-electron chi connectivity index (χ0n) is 6.08. The third-order valence-electron chi connectivity index (χ3n) is 1.35. The highest BCUT2D eigenvalue weighted by atomic mass is 16.3. The molecule has 0 amide bonds. The molecule has 0 bridgehead atoms. The third-order valence-corrected chi connectivity index (χ3v) is 1.35. The first-order chi connectivity index (χ1) is 5.36. The van der Waals surface area contributed by atoms with Crippen LogP contribution in [0.1, 0.15) is 17.9 Å². The zero-order chi connectivity index (χ0) is 8.10. The van der Waals surface area contributed by atoms with E-state index in [9.17, 15) is 0 Å². The Morgan fingerprint density at radius 2 is 2.36 bits per heavy atom. The Hall–Kier alpha value is -1.27. The maximum Gasteiger partial charge on any atom is 0.203 e. The Kier molecular flexibility index (Phi) is 2.70. The van der Waals surface area contributed by atoms with Crippen molar-refractivity contribution in [3.63, 3.8) is 0 Å². The quantitative estimate of drug-likeness (QED) is 0.703. The number of aliphatic hydroxyl groups excluding tert-OH is 1. The second kappa shape index (κ2) is 3.79. The molecule has 0 unspecified atom stereocenters. The first-order valence-corrected chi connectivity index (χ1v) is 3.46. The van der Waals surface area contributed by atoms with Crippen molar-refractivity contribution in [2.75, 3.05) is 6.61 Å². The van der Waals surface area contributed by atoms with Crippen molar-refractivity contribution < 1.29 is 9.52 Å². The Balaban J connectivity index is 2.53. The van der Waals surface area contributed by atoms with E-state index < -0.39 is 0 Å². The second-order valence-corrected chi connectivity index (χ2v) is 2.20. The fourth-order valence-electron chi connectivity index (χ4n) is 0.826. The molecule has 1 N–H and O–H groups in total. The molecule has 3 nitrogen and oxygen atoms in total. The van der Waals surface area contributed by atoms with E-state index in [-0.39, 0.29) is 6.61 Å². The number of nitrogens with zero attached hydrogens (tertiary/aromatic N) is 1. The highest BCUT2D eigenvalue weighted by Crippen LogP contribution is 2.08. The van der Waals surface area contributed by atoms with Gasteiger partial charge in [0.1, 0.15) is 11.8 Å². The van der Waals surface area contributed by atoms with Crippen molar-refractivity contribution in [1.29, 1.82) is 5.26 Å². The predicted octanol–water partition coefficient (Wildman–Crippen LogP) is 1.08. The Morgan fingerprint density at radius 1 is 1.55 bits per heavy atom. The smallest absolute Gasteiger partial charge is 0.203 e. The summed E-state index contributed by atoms with van der Waals surface area (Å²) in [5.74, 6) is 1.09. The Bertz CT molecular complexity index is 259. The van der Waals surface area contributed by atoms with Gasteiger partial charge in [0, 0.05) is 13.0 Å². The van der Waals surface area contributed by atoms with Crippen LogP contribution in [0.3, 0.4) is 0 Å². The lowest BCUT2D eigenvalue weighted by Gasteiger charge is -1.90. The van der Waals surface area contributed by atoms with Gasteiger partial charge in [0.2, 0.25) is 5.76 Å². The van der Waals surface area contributed by atoms with E-state index in [4.69, 9.17) is 14.8 Å². The molecular formula is C8H9NO2. The molecule has 0 aliphatic rings. The van der Waals surface area contributed by atoms with Crippen LogP contribution in [-0.4, -0.2) is 11.7 Å². The number of furan rings is 1. The molecule has 0 fully saturated rings. The standard InChI is InChI=1S/C8H9NO2/c9-6-8-4-3-7(11-8)2-1-5-10/h3-4,10H,1-2,5H2. The first-order valence-electron chi connectivity index (χ1n) is 3.46. The predicted molar refractivity (Wildman–Crippen MR) is 38.8 cm³/mol.